The first kappa shape index (κ1) is 18.0. The molecule has 0 aromatic carbocycles. The minimum Gasteiger partial charge on any atom is -0.506 e. The summed E-state index contributed by atoms with van der Waals surface area (Å²) in [5.74, 6) is -3.12. The molecule has 144 valence electrons. The zero-order valence-electron chi connectivity index (χ0n) is 14.8. The van der Waals surface area contributed by atoms with E-state index in [1.54, 1.807) is 36.7 Å². The zero-order chi connectivity index (χ0) is 19.7. The van der Waals surface area contributed by atoms with Crippen LogP contribution in [-0.4, -0.2) is 54.7 Å². The predicted molar refractivity (Wildman–Crippen MR) is 96.3 cm³/mol. The van der Waals surface area contributed by atoms with E-state index in [1.807, 2.05) is 0 Å². The van der Waals surface area contributed by atoms with Gasteiger partial charge in [-0.2, -0.15) is 5.10 Å². The molecule has 4 heterocycles. The average molecular weight is 385 g/mol. The highest BCUT2D eigenvalue weighted by atomic mass is 19.3. The van der Waals surface area contributed by atoms with Crippen molar-refractivity contribution in [2.75, 3.05) is 13.1 Å². The number of amides is 1. The van der Waals surface area contributed by atoms with E-state index in [1.165, 1.54) is 21.8 Å². The Balaban J connectivity index is 1.71. The van der Waals surface area contributed by atoms with Crippen LogP contribution in [0.5, 0.6) is 5.75 Å². The van der Waals surface area contributed by atoms with E-state index in [0.717, 1.165) is 0 Å². The van der Waals surface area contributed by atoms with Crippen molar-refractivity contribution in [3.8, 4) is 22.8 Å². The highest BCUT2D eigenvalue weighted by molar-refractivity contribution is 5.93. The molecule has 0 spiro atoms. The predicted octanol–water partition coefficient (Wildman–Crippen LogP) is 2.91. The van der Waals surface area contributed by atoms with Gasteiger partial charge < -0.3 is 10.0 Å². The second-order valence-electron chi connectivity index (χ2n) is 6.59. The Morgan fingerprint density at radius 1 is 1.14 bits per heavy atom. The van der Waals surface area contributed by atoms with Gasteiger partial charge >= 0.3 is 0 Å². The summed E-state index contributed by atoms with van der Waals surface area (Å²) in [6.07, 6.45) is 3.80. The normalized spacial score (nSPS) is 16.1. The Kier molecular flexibility index (Phi) is 4.50. The molecule has 1 saturated heterocycles. The van der Waals surface area contributed by atoms with E-state index in [-0.39, 0.29) is 37.4 Å². The van der Waals surface area contributed by atoms with E-state index < -0.39 is 11.8 Å². The summed E-state index contributed by atoms with van der Waals surface area (Å²) < 4.78 is 28.3. The van der Waals surface area contributed by atoms with Crippen LogP contribution in [0.4, 0.5) is 8.78 Å². The van der Waals surface area contributed by atoms with E-state index in [0.29, 0.717) is 17.1 Å². The summed E-state index contributed by atoms with van der Waals surface area (Å²) in [4.78, 5) is 22.5. The highest BCUT2D eigenvalue weighted by Crippen LogP contribution is 2.29. The second-order valence-corrected chi connectivity index (χ2v) is 6.59. The first-order valence-electron chi connectivity index (χ1n) is 8.76. The topological polar surface area (TPSA) is 84.1 Å². The average Bonchev–Trinajstić information content (AvgIpc) is 3.14. The summed E-state index contributed by atoms with van der Waals surface area (Å²) in [6.45, 7) is -0.0310. The number of nitrogens with zero attached hydrogens (tertiary/aromatic N) is 5. The number of hydrogen-bond donors (Lipinski definition) is 1. The van der Waals surface area contributed by atoms with Crippen LogP contribution in [0.1, 0.15) is 23.3 Å². The smallest absolute Gasteiger partial charge is 0.274 e. The van der Waals surface area contributed by atoms with Crippen LogP contribution in [0.15, 0.2) is 48.9 Å². The molecule has 0 radical (unpaired) electrons. The van der Waals surface area contributed by atoms with Crippen molar-refractivity contribution in [1.29, 1.82) is 0 Å². The van der Waals surface area contributed by atoms with Crippen LogP contribution < -0.4 is 0 Å². The number of alkyl halides is 2. The van der Waals surface area contributed by atoms with Gasteiger partial charge in [-0.3, -0.25) is 14.8 Å². The van der Waals surface area contributed by atoms with E-state index in [4.69, 9.17) is 0 Å². The van der Waals surface area contributed by atoms with Crippen molar-refractivity contribution < 1.29 is 18.7 Å². The molecule has 3 aromatic heterocycles. The van der Waals surface area contributed by atoms with Gasteiger partial charge in [-0.25, -0.2) is 13.5 Å². The van der Waals surface area contributed by atoms with Gasteiger partial charge in [-0.05, 0) is 30.3 Å². The number of pyridine rings is 2. The fraction of sp³-hybridized carbons (Fsp3) is 0.263. The molecular weight excluding hydrogens is 368 g/mol. The molecular formula is C19H17F2N5O2. The summed E-state index contributed by atoms with van der Waals surface area (Å²) in [5.41, 5.74) is 1.78. The van der Waals surface area contributed by atoms with Gasteiger partial charge in [0.15, 0.2) is 5.69 Å². The molecule has 1 amide bonds. The van der Waals surface area contributed by atoms with Gasteiger partial charge in [-0.15, -0.1) is 0 Å². The fourth-order valence-corrected chi connectivity index (χ4v) is 3.08. The second kappa shape index (κ2) is 6.99. The standard InChI is InChI=1S/C19H17F2N5O2/c20-19(21)5-8-25(9-6-19)18(28)16-10-17(15-4-3-14(27)12-23-15)26(24-16)13-2-1-7-22-11-13/h1-4,7,10-12,27H,5-6,8-9H2. The number of likely N-dealkylation sites (tertiary alicyclic amines) is 1. The number of carbonyl (C=O) groups excluding carboxylic acids is 1. The lowest BCUT2D eigenvalue weighted by Crippen LogP contribution is -2.42. The largest absolute Gasteiger partial charge is 0.506 e. The molecule has 0 unspecified atom stereocenters. The Bertz CT molecular complexity index is 979. The van der Waals surface area contributed by atoms with Crippen LogP contribution in [0.25, 0.3) is 17.1 Å². The first-order chi connectivity index (χ1) is 13.4. The molecule has 1 aliphatic rings. The summed E-state index contributed by atoms with van der Waals surface area (Å²) in [6, 6.07) is 8.17. The molecule has 9 heteroatoms. The number of halogens is 2. The minimum atomic E-state index is -2.73. The third-order valence-corrected chi connectivity index (χ3v) is 4.61. The molecule has 1 fully saturated rings. The number of rotatable bonds is 3. The lowest BCUT2D eigenvalue weighted by molar-refractivity contribution is -0.0495. The minimum absolute atomic E-state index is 0.0155. The van der Waals surface area contributed by atoms with Crippen LogP contribution in [0.2, 0.25) is 0 Å². The van der Waals surface area contributed by atoms with Gasteiger partial charge in [0.05, 0.1) is 29.5 Å². The number of aromatic nitrogens is 4. The first-order valence-corrected chi connectivity index (χ1v) is 8.76. The molecule has 1 N–H and O–H groups in total. The monoisotopic (exact) mass is 385 g/mol. The van der Waals surface area contributed by atoms with Gasteiger partial charge in [0, 0.05) is 32.1 Å². The van der Waals surface area contributed by atoms with Gasteiger partial charge in [0.2, 0.25) is 0 Å². The fourth-order valence-electron chi connectivity index (χ4n) is 3.08. The zero-order valence-corrected chi connectivity index (χ0v) is 14.8. The molecule has 28 heavy (non-hydrogen) atoms. The molecule has 0 saturated carbocycles. The van der Waals surface area contributed by atoms with Crippen molar-refractivity contribution in [3.05, 3.63) is 54.6 Å². The Morgan fingerprint density at radius 3 is 2.57 bits per heavy atom. The van der Waals surface area contributed by atoms with E-state index in [9.17, 15) is 18.7 Å². The summed E-state index contributed by atoms with van der Waals surface area (Å²) >= 11 is 0. The molecule has 4 rings (SSSR count). The van der Waals surface area contributed by atoms with E-state index in [2.05, 4.69) is 15.1 Å². The van der Waals surface area contributed by atoms with Gasteiger partial charge in [0.25, 0.3) is 11.8 Å². The molecule has 1 aliphatic heterocycles. The SMILES string of the molecule is O=C(c1cc(-c2ccc(O)cn2)n(-c2cccnc2)n1)N1CCC(F)(F)CC1. The lowest BCUT2D eigenvalue weighted by Gasteiger charge is -2.31. The summed E-state index contributed by atoms with van der Waals surface area (Å²) in [7, 11) is 0. The Hall–Kier alpha value is -3.36. The van der Waals surface area contributed by atoms with Crippen molar-refractivity contribution >= 4 is 5.91 Å². The van der Waals surface area contributed by atoms with Crippen molar-refractivity contribution in [2.45, 2.75) is 18.8 Å². The lowest BCUT2D eigenvalue weighted by atomic mass is 10.1. The molecule has 3 aromatic rings. The highest BCUT2D eigenvalue weighted by Gasteiger charge is 2.36. The van der Waals surface area contributed by atoms with Gasteiger partial charge in [-0.1, -0.05) is 0 Å². The molecule has 7 nitrogen and oxygen atoms in total. The molecule has 0 atom stereocenters. The quantitative estimate of drug-likeness (QED) is 0.750. The van der Waals surface area contributed by atoms with Crippen molar-refractivity contribution in [3.63, 3.8) is 0 Å². The third-order valence-electron chi connectivity index (χ3n) is 4.61. The van der Waals surface area contributed by atoms with Crippen LogP contribution in [0, 0.1) is 0 Å². The molecule has 0 bridgehead atoms. The van der Waals surface area contributed by atoms with Crippen LogP contribution in [-0.2, 0) is 0 Å². The summed E-state index contributed by atoms with van der Waals surface area (Å²) in [5, 5.41) is 13.9. The van der Waals surface area contributed by atoms with Crippen LogP contribution >= 0.6 is 0 Å². The Labute approximate surface area is 159 Å². The maximum absolute atomic E-state index is 13.4. The number of aromatic hydroxyl groups is 1. The number of carbonyl (C=O) groups is 1. The van der Waals surface area contributed by atoms with Crippen molar-refractivity contribution in [2.24, 2.45) is 0 Å². The van der Waals surface area contributed by atoms with Crippen LogP contribution in [0.3, 0.4) is 0 Å². The van der Waals surface area contributed by atoms with E-state index >= 15 is 0 Å². The number of piperidine rings is 1. The number of hydrogen-bond acceptors (Lipinski definition) is 5. The molecule has 0 aliphatic carbocycles. The maximum atomic E-state index is 13.4. The third kappa shape index (κ3) is 3.55. The van der Waals surface area contributed by atoms with Crippen molar-refractivity contribution in [1.82, 2.24) is 24.6 Å². The van der Waals surface area contributed by atoms with Gasteiger partial charge in [0.1, 0.15) is 5.75 Å². The maximum Gasteiger partial charge on any atom is 0.274 e. The Morgan fingerprint density at radius 2 is 1.93 bits per heavy atom.